The number of rotatable bonds is 4. The van der Waals surface area contributed by atoms with E-state index >= 15 is 4.39 Å². The van der Waals surface area contributed by atoms with Gasteiger partial charge in [0, 0.05) is 40.0 Å². The molecule has 0 fully saturated rings. The minimum atomic E-state index is -3.47. The molecule has 0 bridgehead atoms. The highest BCUT2D eigenvalue weighted by molar-refractivity contribution is 7.92. The summed E-state index contributed by atoms with van der Waals surface area (Å²) in [6.07, 6.45) is 7.30. The molecule has 5 aromatic rings. The van der Waals surface area contributed by atoms with E-state index in [-0.39, 0.29) is 0 Å². The third-order valence-corrected chi connectivity index (χ3v) is 5.48. The number of halogens is 1. The van der Waals surface area contributed by atoms with Crippen molar-refractivity contribution in [3.8, 4) is 22.4 Å². The molecule has 0 spiro atoms. The van der Waals surface area contributed by atoms with Crippen LogP contribution in [0.1, 0.15) is 0 Å². The van der Waals surface area contributed by atoms with Gasteiger partial charge in [0.1, 0.15) is 11.5 Å². The fraction of sp³-hybridized carbons (Fsp3) is 0.0455. The number of aromatic nitrogens is 4. The molecule has 154 valence electrons. The van der Waals surface area contributed by atoms with Crippen LogP contribution in [-0.2, 0) is 10.0 Å². The summed E-state index contributed by atoms with van der Waals surface area (Å²) >= 11 is 0. The number of aromatic amines is 1. The van der Waals surface area contributed by atoms with Gasteiger partial charge in [0.25, 0.3) is 0 Å². The lowest BCUT2D eigenvalue weighted by Crippen LogP contribution is -2.09. The van der Waals surface area contributed by atoms with Gasteiger partial charge in [-0.1, -0.05) is 12.1 Å². The van der Waals surface area contributed by atoms with Gasteiger partial charge in [-0.25, -0.2) is 17.8 Å². The first kappa shape index (κ1) is 19.1. The molecule has 0 atom stereocenters. The van der Waals surface area contributed by atoms with Crippen molar-refractivity contribution >= 4 is 37.6 Å². The maximum Gasteiger partial charge on any atom is 0.229 e. The highest BCUT2D eigenvalue weighted by Gasteiger charge is 2.18. The Morgan fingerprint density at radius 2 is 1.84 bits per heavy atom. The standard InChI is InChI=1S/C22H16FN5O2S/c1-31(29,30)28-15-6-2-4-13(8-15)20-17(23)11-26-22-21(20)16-9-18(25-12-19(16)27-22)14-5-3-7-24-10-14/h2-12,28H,1H3,(H,26,27). The van der Waals surface area contributed by atoms with E-state index in [4.69, 9.17) is 0 Å². The number of sulfonamides is 1. The molecule has 9 heteroatoms. The maximum atomic E-state index is 15.1. The molecule has 0 aliphatic rings. The lowest BCUT2D eigenvalue weighted by molar-refractivity contribution is 0.607. The molecule has 1 aromatic carbocycles. The van der Waals surface area contributed by atoms with Crippen molar-refractivity contribution in [2.24, 2.45) is 0 Å². The number of H-pyrrole nitrogens is 1. The van der Waals surface area contributed by atoms with E-state index in [0.29, 0.717) is 39.1 Å². The van der Waals surface area contributed by atoms with Gasteiger partial charge < -0.3 is 4.98 Å². The fourth-order valence-corrected chi connectivity index (χ4v) is 4.20. The van der Waals surface area contributed by atoms with E-state index in [9.17, 15) is 8.42 Å². The minimum absolute atomic E-state index is 0.330. The van der Waals surface area contributed by atoms with Crippen molar-refractivity contribution in [1.82, 2.24) is 19.9 Å². The summed E-state index contributed by atoms with van der Waals surface area (Å²) in [5.74, 6) is -0.510. The van der Waals surface area contributed by atoms with Crippen molar-refractivity contribution < 1.29 is 12.8 Å². The molecular formula is C22H16FN5O2S. The number of benzene rings is 1. The summed E-state index contributed by atoms with van der Waals surface area (Å²) in [5, 5.41) is 1.35. The number of hydrogen-bond donors (Lipinski definition) is 2. The summed E-state index contributed by atoms with van der Waals surface area (Å²) < 4.78 is 40.7. The molecule has 4 heterocycles. The van der Waals surface area contributed by atoms with Gasteiger partial charge in [-0.3, -0.25) is 14.7 Å². The Labute approximate surface area is 177 Å². The SMILES string of the molecule is CS(=O)(=O)Nc1cccc(-c2c(F)cnc3[nH]c4cnc(-c5cccnc5)cc4c23)c1. The Morgan fingerprint density at radius 3 is 2.61 bits per heavy atom. The van der Waals surface area contributed by atoms with E-state index in [1.165, 1.54) is 0 Å². The molecule has 7 nitrogen and oxygen atoms in total. The monoisotopic (exact) mass is 433 g/mol. The average Bonchev–Trinajstić information content (AvgIpc) is 3.11. The number of hydrogen-bond acceptors (Lipinski definition) is 5. The van der Waals surface area contributed by atoms with Gasteiger partial charge in [-0.05, 0) is 35.9 Å². The second-order valence-corrected chi connectivity index (χ2v) is 8.89. The lowest BCUT2D eigenvalue weighted by Gasteiger charge is -2.09. The van der Waals surface area contributed by atoms with Gasteiger partial charge in [-0.15, -0.1) is 0 Å². The van der Waals surface area contributed by atoms with E-state index in [0.717, 1.165) is 23.4 Å². The van der Waals surface area contributed by atoms with E-state index < -0.39 is 15.8 Å². The van der Waals surface area contributed by atoms with Gasteiger partial charge in [0.05, 0.1) is 29.9 Å². The molecule has 0 saturated heterocycles. The van der Waals surface area contributed by atoms with Crippen molar-refractivity contribution in [2.45, 2.75) is 0 Å². The zero-order chi connectivity index (χ0) is 21.6. The zero-order valence-corrected chi connectivity index (χ0v) is 17.1. The molecular weight excluding hydrogens is 417 g/mol. The molecule has 0 saturated carbocycles. The molecule has 4 aromatic heterocycles. The first-order valence-electron chi connectivity index (χ1n) is 9.33. The Bertz CT molecular complexity index is 1550. The topological polar surface area (TPSA) is 101 Å². The largest absolute Gasteiger partial charge is 0.338 e. The van der Waals surface area contributed by atoms with E-state index in [1.54, 1.807) is 42.9 Å². The normalized spacial score (nSPS) is 11.8. The summed E-state index contributed by atoms with van der Waals surface area (Å²) in [6.45, 7) is 0. The lowest BCUT2D eigenvalue weighted by atomic mass is 10.00. The number of nitrogens with zero attached hydrogens (tertiary/aromatic N) is 3. The van der Waals surface area contributed by atoms with Crippen LogP contribution in [0.25, 0.3) is 44.3 Å². The van der Waals surface area contributed by atoms with Gasteiger partial charge >= 0.3 is 0 Å². The maximum absolute atomic E-state index is 15.1. The minimum Gasteiger partial charge on any atom is -0.338 e. The van der Waals surface area contributed by atoms with Crippen molar-refractivity contribution in [3.05, 3.63) is 73.1 Å². The first-order valence-corrected chi connectivity index (χ1v) is 11.2. The number of fused-ring (bicyclic) bond motifs is 3. The van der Waals surface area contributed by atoms with Crippen LogP contribution in [0.15, 0.2) is 67.3 Å². The first-order chi connectivity index (χ1) is 14.9. The molecule has 2 N–H and O–H groups in total. The van der Waals surface area contributed by atoms with Gasteiger partial charge in [-0.2, -0.15) is 0 Å². The predicted octanol–water partition coefficient (Wildman–Crippen LogP) is 4.35. The van der Waals surface area contributed by atoms with E-state index in [2.05, 4.69) is 24.7 Å². The van der Waals surface area contributed by atoms with Crippen molar-refractivity contribution in [2.75, 3.05) is 11.0 Å². The van der Waals surface area contributed by atoms with Crippen molar-refractivity contribution in [3.63, 3.8) is 0 Å². The van der Waals surface area contributed by atoms with Crippen molar-refractivity contribution in [1.29, 1.82) is 0 Å². The molecule has 5 rings (SSSR count). The number of anilines is 1. The predicted molar refractivity (Wildman–Crippen MR) is 118 cm³/mol. The Morgan fingerprint density at radius 1 is 1.00 bits per heavy atom. The number of pyridine rings is 3. The van der Waals surface area contributed by atoms with Gasteiger partial charge in [0.15, 0.2) is 0 Å². The van der Waals surface area contributed by atoms with Crippen LogP contribution < -0.4 is 4.72 Å². The summed E-state index contributed by atoms with van der Waals surface area (Å²) in [4.78, 5) is 16.0. The molecule has 0 unspecified atom stereocenters. The molecule has 0 aliphatic heterocycles. The van der Waals surface area contributed by atoms with Crippen LogP contribution >= 0.6 is 0 Å². The summed E-state index contributed by atoms with van der Waals surface area (Å²) in [5.41, 5.74) is 3.97. The molecule has 0 amide bonds. The Kier molecular flexibility index (Phi) is 4.40. The van der Waals surface area contributed by atoms with Crippen LogP contribution in [0.3, 0.4) is 0 Å². The third-order valence-electron chi connectivity index (χ3n) is 4.87. The zero-order valence-electron chi connectivity index (χ0n) is 16.3. The Hall–Kier alpha value is -3.85. The Balaban J connectivity index is 1.77. The number of nitrogens with one attached hydrogen (secondary N) is 2. The third kappa shape index (κ3) is 3.59. The fourth-order valence-electron chi connectivity index (χ4n) is 3.64. The van der Waals surface area contributed by atoms with E-state index in [1.807, 2.05) is 18.2 Å². The quantitative estimate of drug-likeness (QED) is 0.439. The van der Waals surface area contributed by atoms with Crippen LogP contribution in [0.5, 0.6) is 0 Å². The summed E-state index contributed by atoms with van der Waals surface area (Å²) in [7, 11) is -3.47. The van der Waals surface area contributed by atoms with Gasteiger partial charge in [0.2, 0.25) is 10.0 Å². The van der Waals surface area contributed by atoms with Crippen LogP contribution in [-0.4, -0.2) is 34.6 Å². The highest BCUT2D eigenvalue weighted by Crippen LogP contribution is 2.37. The summed E-state index contributed by atoms with van der Waals surface area (Å²) in [6, 6.07) is 12.2. The average molecular weight is 433 g/mol. The van der Waals surface area contributed by atoms with Crippen LogP contribution in [0.4, 0.5) is 10.1 Å². The second-order valence-electron chi connectivity index (χ2n) is 7.14. The van der Waals surface area contributed by atoms with Crippen LogP contribution in [0, 0.1) is 5.82 Å². The smallest absolute Gasteiger partial charge is 0.229 e. The molecule has 0 aliphatic carbocycles. The molecule has 0 radical (unpaired) electrons. The molecule has 31 heavy (non-hydrogen) atoms. The highest BCUT2D eigenvalue weighted by atomic mass is 32.2. The van der Waals surface area contributed by atoms with Crippen LogP contribution in [0.2, 0.25) is 0 Å². The second kappa shape index (κ2) is 7.13.